The third kappa shape index (κ3) is 5.14. The molecule has 0 spiro atoms. The van der Waals surface area contributed by atoms with E-state index in [2.05, 4.69) is 10.6 Å². The summed E-state index contributed by atoms with van der Waals surface area (Å²) in [4.78, 5) is 11.7. The van der Waals surface area contributed by atoms with Crippen LogP contribution in [-0.4, -0.2) is 26.3 Å². The SMILES string of the molecule is COc1ccc(NC(=O)NCCOc2ccc(F)cc2F)cc1. The minimum atomic E-state index is -0.785. The van der Waals surface area contributed by atoms with Crippen molar-refractivity contribution in [2.45, 2.75) is 0 Å². The summed E-state index contributed by atoms with van der Waals surface area (Å²) in [5.41, 5.74) is 0.605. The lowest BCUT2D eigenvalue weighted by Gasteiger charge is -2.10. The van der Waals surface area contributed by atoms with Crippen molar-refractivity contribution >= 4 is 11.7 Å². The maximum atomic E-state index is 13.3. The number of rotatable bonds is 6. The second-order valence-electron chi connectivity index (χ2n) is 4.53. The molecular formula is C16H16F2N2O3. The lowest BCUT2D eigenvalue weighted by atomic mass is 10.3. The Labute approximate surface area is 132 Å². The van der Waals surface area contributed by atoms with E-state index in [-0.39, 0.29) is 18.9 Å². The van der Waals surface area contributed by atoms with Crippen molar-refractivity contribution in [3.63, 3.8) is 0 Å². The number of nitrogens with one attached hydrogen (secondary N) is 2. The molecule has 122 valence electrons. The number of hydrogen-bond donors (Lipinski definition) is 2. The number of ether oxygens (including phenoxy) is 2. The van der Waals surface area contributed by atoms with E-state index < -0.39 is 17.7 Å². The van der Waals surface area contributed by atoms with E-state index in [0.29, 0.717) is 11.4 Å². The molecule has 0 aliphatic heterocycles. The lowest BCUT2D eigenvalue weighted by molar-refractivity contribution is 0.246. The van der Waals surface area contributed by atoms with Crippen molar-refractivity contribution in [1.29, 1.82) is 0 Å². The predicted octanol–water partition coefficient (Wildman–Crippen LogP) is 3.17. The van der Waals surface area contributed by atoms with Gasteiger partial charge in [0.05, 0.1) is 13.7 Å². The van der Waals surface area contributed by atoms with Crippen LogP contribution in [0.1, 0.15) is 0 Å². The van der Waals surface area contributed by atoms with Gasteiger partial charge in [0.2, 0.25) is 0 Å². The van der Waals surface area contributed by atoms with Gasteiger partial charge in [-0.15, -0.1) is 0 Å². The zero-order valence-electron chi connectivity index (χ0n) is 12.4. The maximum Gasteiger partial charge on any atom is 0.319 e. The Balaban J connectivity index is 1.72. The summed E-state index contributed by atoms with van der Waals surface area (Å²) in [6.45, 7) is 0.220. The van der Waals surface area contributed by atoms with Gasteiger partial charge >= 0.3 is 6.03 Å². The summed E-state index contributed by atoms with van der Waals surface area (Å²) < 4.78 is 36.2. The number of anilines is 1. The first-order valence-electron chi connectivity index (χ1n) is 6.85. The van der Waals surface area contributed by atoms with E-state index in [1.54, 1.807) is 31.4 Å². The molecule has 0 aliphatic rings. The summed E-state index contributed by atoms with van der Waals surface area (Å²) in [5, 5.41) is 5.18. The first-order valence-corrected chi connectivity index (χ1v) is 6.85. The standard InChI is InChI=1S/C16H16F2N2O3/c1-22-13-5-3-12(4-6-13)20-16(21)19-8-9-23-15-7-2-11(17)10-14(15)18/h2-7,10H,8-9H2,1H3,(H2,19,20,21). The molecule has 2 rings (SSSR count). The molecule has 5 nitrogen and oxygen atoms in total. The third-order valence-corrected chi connectivity index (χ3v) is 2.89. The first kappa shape index (κ1) is 16.5. The number of urea groups is 1. The summed E-state index contributed by atoms with van der Waals surface area (Å²) in [6, 6.07) is 9.44. The van der Waals surface area contributed by atoms with Gasteiger partial charge in [-0.05, 0) is 36.4 Å². The molecule has 0 bridgehead atoms. The van der Waals surface area contributed by atoms with Crippen LogP contribution in [0.25, 0.3) is 0 Å². The Kier molecular flexibility index (Phi) is 5.74. The largest absolute Gasteiger partial charge is 0.497 e. The lowest BCUT2D eigenvalue weighted by Crippen LogP contribution is -2.32. The highest BCUT2D eigenvalue weighted by molar-refractivity contribution is 5.89. The van der Waals surface area contributed by atoms with Crippen molar-refractivity contribution < 1.29 is 23.0 Å². The van der Waals surface area contributed by atoms with Gasteiger partial charge in [0, 0.05) is 11.8 Å². The van der Waals surface area contributed by atoms with Crippen LogP contribution in [0, 0.1) is 11.6 Å². The minimum Gasteiger partial charge on any atom is -0.497 e. The number of halogens is 2. The summed E-state index contributed by atoms with van der Waals surface area (Å²) in [6.07, 6.45) is 0. The smallest absolute Gasteiger partial charge is 0.319 e. The fraction of sp³-hybridized carbons (Fsp3) is 0.188. The molecule has 0 unspecified atom stereocenters. The van der Waals surface area contributed by atoms with Crippen molar-refractivity contribution in [2.75, 3.05) is 25.6 Å². The van der Waals surface area contributed by atoms with Crippen LogP contribution in [0.3, 0.4) is 0 Å². The van der Waals surface area contributed by atoms with Crippen molar-refractivity contribution in [3.8, 4) is 11.5 Å². The molecule has 2 N–H and O–H groups in total. The normalized spacial score (nSPS) is 10.0. The molecule has 0 aliphatic carbocycles. The quantitative estimate of drug-likeness (QED) is 0.803. The molecule has 0 aromatic heterocycles. The first-order chi connectivity index (χ1) is 11.1. The summed E-state index contributed by atoms with van der Waals surface area (Å²) in [7, 11) is 1.55. The average Bonchev–Trinajstić information content (AvgIpc) is 2.54. The second-order valence-corrected chi connectivity index (χ2v) is 4.53. The zero-order valence-corrected chi connectivity index (χ0v) is 12.4. The number of methoxy groups -OCH3 is 1. The zero-order chi connectivity index (χ0) is 16.7. The summed E-state index contributed by atoms with van der Waals surface area (Å²) in [5.74, 6) is -0.839. The van der Waals surface area contributed by atoms with E-state index in [4.69, 9.17) is 9.47 Å². The average molecular weight is 322 g/mol. The van der Waals surface area contributed by atoms with E-state index in [9.17, 15) is 13.6 Å². The molecule has 23 heavy (non-hydrogen) atoms. The molecule has 0 fully saturated rings. The van der Waals surface area contributed by atoms with Crippen LogP contribution < -0.4 is 20.1 Å². The van der Waals surface area contributed by atoms with E-state index in [0.717, 1.165) is 12.1 Å². The number of amides is 2. The molecule has 0 saturated carbocycles. The van der Waals surface area contributed by atoms with Gasteiger partial charge in [-0.3, -0.25) is 0 Å². The molecule has 0 saturated heterocycles. The highest BCUT2D eigenvalue weighted by Crippen LogP contribution is 2.17. The fourth-order valence-electron chi connectivity index (χ4n) is 1.77. The highest BCUT2D eigenvalue weighted by Gasteiger charge is 2.05. The Hall–Kier alpha value is -2.83. The Morgan fingerprint density at radius 3 is 2.52 bits per heavy atom. The molecule has 0 radical (unpaired) electrons. The highest BCUT2D eigenvalue weighted by atomic mass is 19.1. The van der Waals surface area contributed by atoms with Crippen LogP contribution >= 0.6 is 0 Å². The van der Waals surface area contributed by atoms with Gasteiger partial charge in [0.1, 0.15) is 18.2 Å². The van der Waals surface area contributed by atoms with Crippen molar-refractivity contribution in [3.05, 3.63) is 54.1 Å². The van der Waals surface area contributed by atoms with Crippen LogP contribution in [0.2, 0.25) is 0 Å². The Morgan fingerprint density at radius 1 is 1.13 bits per heavy atom. The van der Waals surface area contributed by atoms with Gasteiger partial charge in [0.25, 0.3) is 0 Å². The van der Waals surface area contributed by atoms with Gasteiger partial charge in [-0.2, -0.15) is 0 Å². The topological polar surface area (TPSA) is 59.6 Å². The molecule has 7 heteroatoms. The monoisotopic (exact) mass is 322 g/mol. The summed E-state index contributed by atoms with van der Waals surface area (Å²) >= 11 is 0. The molecular weight excluding hydrogens is 306 g/mol. The van der Waals surface area contributed by atoms with Gasteiger partial charge in [0.15, 0.2) is 11.6 Å². The molecule has 2 amide bonds. The van der Waals surface area contributed by atoms with Crippen LogP contribution in [0.15, 0.2) is 42.5 Å². The van der Waals surface area contributed by atoms with Gasteiger partial charge in [-0.1, -0.05) is 0 Å². The predicted molar refractivity (Wildman–Crippen MR) is 81.9 cm³/mol. The van der Waals surface area contributed by atoms with E-state index in [1.165, 1.54) is 6.07 Å². The van der Waals surface area contributed by atoms with E-state index in [1.807, 2.05) is 0 Å². The third-order valence-electron chi connectivity index (χ3n) is 2.89. The molecule has 2 aromatic carbocycles. The fourth-order valence-corrected chi connectivity index (χ4v) is 1.77. The Bertz CT molecular complexity index is 663. The number of carbonyl (C=O) groups excluding carboxylic acids is 1. The second kappa shape index (κ2) is 7.98. The molecule has 0 heterocycles. The van der Waals surface area contributed by atoms with Gasteiger partial charge in [-0.25, -0.2) is 13.6 Å². The number of hydrogen-bond acceptors (Lipinski definition) is 3. The minimum absolute atomic E-state index is 0.0542. The number of benzene rings is 2. The van der Waals surface area contributed by atoms with Crippen molar-refractivity contribution in [2.24, 2.45) is 0 Å². The van der Waals surface area contributed by atoms with Gasteiger partial charge < -0.3 is 20.1 Å². The van der Waals surface area contributed by atoms with E-state index >= 15 is 0 Å². The van der Waals surface area contributed by atoms with Crippen LogP contribution in [0.5, 0.6) is 11.5 Å². The maximum absolute atomic E-state index is 13.3. The molecule has 0 atom stereocenters. The Morgan fingerprint density at radius 2 is 1.87 bits per heavy atom. The number of carbonyl (C=O) groups is 1. The molecule has 2 aromatic rings. The van der Waals surface area contributed by atoms with Crippen LogP contribution in [0.4, 0.5) is 19.3 Å². The van der Waals surface area contributed by atoms with Crippen LogP contribution in [-0.2, 0) is 0 Å². The van der Waals surface area contributed by atoms with Crippen molar-refractivity contribution in [1.82, 2.24) is 5.32 Å².